The van der Waals surface area contributed by atoms with Crippen LogP contribution in [-0.2, 0) is 0 Å². The fourth-order valence-corrected chi connectivity index (χ4v) is 3.27. The number of phenols is 2. The van der Waals surface area contributed by atoms with Gasteiger partial charge in [-0.2, -0.15) is 0 Å². The average molecular weight is 288 g/mol. The van der Waals surface area contributed by atoms with Crippen molar-refractivity contribution in [1.82, 2.24) is 9.97 Å². The molecule has 0 radical (unpaired) electrons. The number of hydrogen-bond acceptors (Lipinski definition) is 2. The van der Waals surface area contributed by atoms with E-state index in [0.717, 1.165) is 43.6 Å². The predicted octanol–water partition coefficient (Wildman–Crippen LogP) is 4.37. The van der Waals surface area contributed by atoms with Crippen LogP contribution in [0.25, 0.3) is 43.6 Å². The number of aromatic hydroxyl groups is 2. The lowest BCUT2D eigenvalue weighted by Gasteiger charge is -1.95. The average Bonchev–Trinajstić information content (AvgIpc) is 3.02. The Morgan fingerprint density at radius 1 is 0.500 bits per heavy atom. The number of nitrogens with one attached hydrogen (secondary N) is 2. The molecule has 5 rings (SSSR count). The molecule has 0 unspecified atom stereocenters. The number of fused-ring (bicyclic) bond motifs is 6. The van der Waals surface area contributed by atoms with E-state index in [9.17, 15) is 10.2 Å². The van der Waals surface area contributed by atoms with Crippen molar-refractivity contribution in [3.8, 4) is 11.5 Å². The summed E-state index contributed by atoms with van der Waals surface area (Å²) in [5.74, 6) is 0.519. The third-order valence-corrected chi connectivity index (χ3v) is 4.28. The highest BCUT2D eigenvalue weighted by Crippen LogP contribution is 2.35. The molecule has 0 atom stereocenters. The topological polar surface area (TPSA) is 72.0 Å². The van der Waals surface area contributed by atoms with Gasteiger partial charge >= 0.3 is 0 Å². The SMILES string of the molecule is Oc1ccc2[nH]c3cc4c(cc3c2c1)[nH]c1ccc(O)cc14. The van der Waals surface area contributed by atoms with Crippen LogP contribution in [0.5, 0.6) is 11.5 Å². The van der Waals surface area contributed by atoms with Crippen LogP contribution in [0.1, 0.15) is 0 Å². The molecule has 0 amide bonds. The lowest BCUT2D eigenvalue weighted by molar-refractivity contribution is 0.475. The molecular weight excluding hydrogens is 276 g/mol. The van der Waals surface area contributed by atoms with E-state index in [1.165, 1.54) is 0 Å². The Labute approximate surface area is 124 Å². The van der Waals surface area contributed by atoms with Gasteiger partial charge in [-0.05, 0) is 48.5 Å². The molecule has 0 saturated heterocycles. The fourth-order valence-electron chi connectivity index (χ4n) is 3.27. The molecule has 0 aliphatic rings. The van der Waals surface area contributed by atoms with E-state index in [1.54, 1.807) is 24.3 Å². The quantitative estimate of drug-likeness (QED) is 0.342. The lowest BCUT2D eigenvalue weighted by Crippen LogP contribution is -1.70. The Morgan fingerprint density at radius 2 is 0.909 bits per heavy atom. The molecule has 2 aromatic heterocycles. The van der Waals surface area contributed by atoms with Gasteiger partial charge in [0.15, 0.2) is 0 Å². The Kier molecular flexibility index (Phi) is 1.96. The number of aromatic amines is 2. The molecule has 0 spiro atoms. The van der Waals surface area contributed by atoms with E-state index in [0.29, 0.717) is 0 Å². The van der Waals surface area contributed by atoms with E-state index >= 15 is 0 Å². The summed E-state index contributed by atoms with van der Waals surface area (Å²) in [7, 11) is 0. The molecule has 4 N–H and O–H groups in total. The van der Waals surface area contributed by atoms with Crippen LogP contribution in [0.4, 0.5) is 0 Å². The number of hydrogen-bond donors (Lipinski definition) is 4. The predicted molar refractivity (Wildman–Crippen MR) is 88.5 cm³/mol. The summed E-state index contributed by atoms with van der Waals surface area (Å²) in [6.45, 7) is 0. The van der Waals surface area contributed by atoms with Gasteiger partial charge in [0.05, 0.1) is 0 Å². The molecule has 4 nitrogen and oxygen atoms in total. The van der Waals surface area contributed by atoms with Crippen molar-refractivity contribution < 1.29 is 10.2 Å². The highest BCUT2D eigenvalue weighted by molar-refractivity contribution is 6.17. The lowest BCUT2D eigenvalue weighted by atomic mass is 10.1. The maximum absolute atomic E-state index is 9.72. The number of phenolic OH excluding ortho intramolecular Hbond substituents is 2. The summed E-state index contributed by atoms with van der Waals surface area (Å²) in [5, 5.41) is 23.6. The third-order valence-electron chi connectivity index (χ3n) is 4.28. The number of H-pyrrole nitrogens is 2. The van der Waals surface area contributed by atoms with Crippen LogP contribution in [0, 0.1) is 0 Å². The van der Waals surface area contributed by atoms with Crippen LogP contribution in [0.3, 0.4) is 0 Å². The summed E-state index contributed by atoms with van der Waals surface area (Å²) in [6.07, 6.45) is 0. The van der Waals surface area contributed by atoms with E-state index in [4.69, 9.17) is 0 Å². The zero-order valence-corrected chi connectivity index (χ0v) is 11.5. The minimum absolute atomic E-state index is 0.259. The fraction of sp³-hybridized carbons (Fsp3) is 0. The summed E-state index contributed by atoms with van der Waals surface area (Å²) < 4.78 is 0. The van der Waals surface area contributed by atoms with Gasteiger partial charge in [-0.15, -0.1) is 0 Å². The standard InChI is InChI=1S/C18H12N2O2/c21-9-1-3-15-11(5-9)13-7-18-14(8-17(13)19-15)12-6-10(22)2-4-16(12)20-18/h1-8,19-22H. The molecule has 0 fully saturated rings. The molecule has 0 aliphatic carbocycles. The summed E-state index contributed by atoms with van der Waals surface area (Å²) in [6, 6.07) is 14.8. The smallest absolute Gasteiger partial charge is 0.116 e. The van der Waals surface area contributed by atoms with Crippen molar-refractivity contribution in [3.05, 3.63) is 48.5 Å². The summed E-state index contributed by atoms with van der Waals surface area (Å²) >= 11 is 0. The van der Waals surface area contributed by atoms with Crippen LogP contribution >= 0.6 is 0 Å². The van der Waals surface area contributed by atoms with Crippen LogP contribution < -0.4 is 0 Å². The second kappa shape index (κ2) is 3.74. The molecule has 0 saturated carbocycles. The zero-order valence-electron chi connectivity index (χ0n) is 11.5. The first kappa shape index (κ1) is 11.5. The molecule has 0 aliphatic heterocycles. The second-order valence-corrected chi connectivity index (χ2v) is 5.65. The van der Waals surface area contributed by atoms with E-state index in [-0.39, 0.29) is 11.5 Å². The van der Waals surface area contributed by atoms with Crippen molar-refractivity contribution in [2.75, 3.05) is 0 Å². The van der Waals surface area contributed by atoms with Gasteiger partial charge in [0, 0.05) is 43.6 Å². The molecule has 5 aromatic rings. The Morgan fingerprint density at radius 3 is 1.36 bits per heavy atom. The number of benzene rings is 3. The highest BCUT2D eigenvalue weighted by Gasteiger charge is 2.10. The van der Waals surface area contributed by atoms with Crippen LogP contribution in [0.15, 0.2) is 48.5 Å². The number of rotatable bonds is 0. The maximum atomic E-state index is 9.72. The van der Waals surface area contributed by atoms with Gasteiger partial charge in [0.2, 0.25) is 0 Å². The molecule has 0 bridgehead atoms. The molecule has 106 valence electrons. The highest BCUT2D eigenvalue weighted by atomic mass is 16.3. The second-order valence-electron chi connectivity index (χ2n) is 5.65. The summed E-state index contributed by atoms with van der Waals surface area (Å²) in [5.41, 5.74) is 4.01. The molecule has 2 heterocycles. The largest absolute Gasteiger partial charge is 0.508 e. The van der Waals surface area contributed by atoms with Gasteiger partial charge in [-0.25, -0.2) is 0 Å². The molecule has 3 aromatic carbocycles. The first-order valence-electron chi connectivity index (χ1n) is 7.08. The Bertz CT molecular complexity index is 1100. The normalized spacial score (nSPS) is 12.0. The minimum Gasteiger partial charge on any atom is -0.508 e. The van der Waals surface area contributed by atoms with Crippen LogP contribution in [0.2, 0.25) is 0 Å². The van der Waals surface area contributed by atoms with Crippen molar-refractivity contribution >= 4 is 43.6 Å². The maximum Gasteiger partial charge on any atom is 0.116 e. The van der Waals surface area contributed by atoms with Crippen molar-refractivity contribution in [2.24, 2.45) is 0 Å². The monoisotopic (exact) mass is 288 g/mol. The Balaban J connectivity index is 1.99. The van der Waals surface area contributed by atoms with Gasteiger partial charge in [-0.3, -0.25) is 0 Å². The van der Waals surface area contributed by atoms with E-state index in [1.807, 2.05) is 12.1 Å². The molecule has 4 heteroatoms. The van der Waals surface area contributed by atoms with Gasteiger partial charge in [-0.1, -0.05) is 0 Å². The first-order valence-corrected chi connectivity index (χ1v) is 7.08. The van der Waals surface area contributed by atoms with Gasteiger partial charge in [0.25, 0.3) is 0 Å². The van der Waals surface area contributed by atoms with Gasteiger partial charge in [0.1, 0.15) is 11.5 Å². The minimum atomic E-state index is 0.259. The van der Waals surface area contributed by atoms with Crippen molar-refractivity contribution in [2.45, 2.75) is 0 Å². The molecular formula is C18H12N2O2. The Hall–Kier alpha value is -3.14. The zero-order chi connectivity index (χ0) is 14.8. The first-order chi connectivity index (χ1) is 10.7. The van der Waals surface area contributed by atoms with Crippen molar-refractivity contribution in [3.63, 3.8) is 0 Å². The van der Waals surface area contributed by atoms with E-state index in [2.05, 4.69) is 22.1 Å². The summed E-state index contributed by atoms with van der Waals surface area (Å²) in [4.78, 5) is 6.76. The van der Waals surface area contributed by atoms with Gasteiger partial charge < -0.3 is 20.2 Å². The molecule has 22 heavy (non-hydrogen) atoms. The van der Waals surface area contributed by atoms with Crippen molar-refractivity contribution in [1.29, 1.82) is 0 Å². The van der Waals surface area contributed by atoms with E-state index < -0.39 is 0 Å². The van der Waals surface area contributed by atoms with Crippen LogP contribution in [-0.4, -0.2) is 20.2 Å². The number of aromatic nitrogens is 2. The third kappa shape index (κ3) is 1.41.